The van der Waals surface area contributed by atoms with Gasteiger partial charge < -0.3 is 9.47 Å². The number of hydroxylamine groups is 1. The van der Waals surface area contributed by atoms with Gasteiger partial charge in [0.05, 0.1) is 0 Å². The van der Waals surface area contributed by atoms with Gasteiger partial charge in [0.1, 0.15) is 6.10 Å². The molecule has 2 heterocycles. The van der Waals surface area contributed by atoms with Crippen LogP contribution in [-0.2, 0) is 19.1 Å². The van der Waals surface area contributed by atoms with E-state index in [-0.39, 0.29) is 24.2 Å². The number of carbonyl (C=O) groups is 1. The molecule has 0 aromatic carbocycles. The van der Waals surface area contributed by atoms with Crippen LogP contribution in [0.15, 0.2) is 0 Å². The van der Waals surface area contributed by atoms with E-state index in [4.69, 9.17) is 14.3 Å². The van der Waals surface area contributed by atoms with Crippen LogP contribution in [0.4, 0.5) is 0 Å². The molecule has 0 bridgehead atoms. The molecule has 3 atom stereocenters. The first-order valence-corrected chi connectivity index (χ1v) is 5.96. The van der Waals surface area contributed by atoms with Crippen molar-refractivity contribution in [3.63, 3.8) is 0 Å². The number of ether oxygens (including phenoxy) is 2. The minimum Gasteiger partial charge on any atom is -0.368 e. The van der Waals surface area contributed by atoms with E-state index in [1.54, 1.807) is 0 Å². The second-order valence-electron chi connectivity index (χ2n) is 4.44. The Hall–Kier alpha value is -0.650. The molecule has 2 aliphatic heterocycles. The lowest BCUT2D eigenvalue weighted by atomic mass is 10.0. The smallest absolute Gasteiger partial charge is 0.273 e. The van der Waals surface area contributed by atoms with E-state index >= 15 is 0 Å². The van der Waals surface area contributed by atoms with Crippen LogP contribution in [0.25, 0.3) is 0 Å². The van der Waals surface area contributed by atoms with Crippen molar-refractivity contribution >= 4 is 5.91 Å². The van der Waals surface area contributed by atoms with Crippen LogP contribution >= 0.6 is 0 Å². The summed E-state index contributed by atoms with van der Waals surface area (Å²) in [6.07, 6.45) is 3.24. The average Bonchev–Trinajstić information content (AvgIpc) is 2.74. The van der Waals surface area contributed by atoms with Gasteiger partial charge >= 0.3 is 0 Å². The zero-order chi connectivity index (χ0) is 11.4. The zero-order valence-corrected chi connectivity index (χ0v) is 9.61. The molecule has 1 amide bonds. The molecule has 0 aromatic heterocycles. The number of nitrogens with one attached hydrogen (secondary N) is 1. The lowest BCUT2D eigenvalue weighted by molar-refractivity contribution is -0.204. The van der Waals surface area contributed by atoms with E-state index < -0.39 is 0 Å². The first kappa shape index (κ1) is 11.8. The van der Waals surface area contributed by atoms with Gasteiger partial charge in [0.15, 0.2) is 6.29 Å². The third-order valence-corrected chi connectivity index (χ3v) is 3.07. The Morgan fingerprint density at radius 1 is 1.25 bits per heavy atom. The van der Waals surface area contributed by atoms with Gasteiger partial charge in [-0.15, -0.1) is 0 Å². The van der Waals surface area contributed by atoms with Gasteiger partial charge in [0.25, 0.3) is 5.91 Å². The second-order valence-corrected chi connectivity index (χ2v) is 4.44. The minimum atomic E-state index is -0.372. The fraction of sp³-hybridized carbons (Fsp3) is 0.909. The SMILES string of the molecule is C[C@@H]1CCO[C@H]1C(=O)NO[C@H]1CCCCO1. The second kappa shape index (κ2) is 5.61. The molecular formula is C11H19NO4. The maximum absolute atomic E-state index is 11.7. The summed E-state index contributed by atoms with van der Waals surface area (Å²) < 4.78 is 10.7. The molecule has 0 radical (unpaired) electrons. The van der Waals surface area contributed by atoms with Gasteiger partial charge in [-0.1, -0.05) is 6.92 Å². The number of rotatable bonds is 3. The summed E-state index contributed by atoms with van der Waals surface area (Å²) in [4.78, 5) is 16.9. The van der Waals surface area contributed by atoms with Gasteiger partial charge in [0.2, 0.25) is 0 Å². The number of hydrogen-bond acceptors (Lipinski definition) is 4. The standard InChI is InChI=1S/C11H19NO4/c1-8-5-7-15-10(8)11(13)12-16-9-4-2-3-6-14-9/h8-10H,2-7H2,1H3,(H,12,13)/t8-,9+,10-/m1/s1. The van der Waals surface area contributed by atoms with Gasteiger partial charge in [0, 0.05) is 19.6 Å². The molecule has 16 heavy (non-hydrogen) atoms. The highest BCUT2D eigenvalue weighted by molar-refractivity contribution is 5.80. The Labute approximate surface area is 95.4 Å². The molecule has 1 N–H and O–H groups in total. The Bertz CT molecular complexity index is 240. The molecule has 0 unspecified atom stereocenters. The monoisotopic (exact) mass is 229 g/mol. The molecule has 0 aliphatic carbocycles. The Morgan fingerprint density at radius 3 is 2.75 bits per heavy atom. The summed E-state index contributed by atoms with van der Waals surface area (Å²) in [5.41, 5.74) is 2.44. The molecular weight excluding hydrogens is 210 g/mol. The van der Waals surface area contributed by atoms with Crippen molar-refractivity contribution in [2.75, 3.05) is 13.2 Å². The fourth-order valence-corrected chi connectivity index (χ4v) is 2.02. The van der Waals surface area contributed by atoms with Crippen molar-refractivity contribution in [3.8, 4) is 0 Å². The van der Waals surface area contributed by atoms with E-state index in [1.807, 2.05) is 6.92 Å². The quantitative estimate of drug-likeness (QED) is 0.733. The van der Waals surface area contributed by atoms with E-state index in [9.17, 15) is 4.79 Å². The predicted molar refractivity (Wildman–Crippen MR) is 56.3 cm³/mol. The molecule has 2 rings (SSSR count). The maximum atomic E-state index is 11.7. The summed E-state index contributed by atoms with van der Waals surface area (Å²) in [5.74, 6) is 0.0649. The largest absolute Gasteiger partial charge is 0.368 e. The lowest BCUT2D eigenvalue weighted by Gasteiger charge is -2.23. The molecule has 5 heteroatoms. The summed E-state index contributed by atoms with van der Waals surface area (Å²) >= 11 is 0. The molecule has 2 aliphatic rings. The zero-order valence-electron chi connectivity index (χ0n) is 9.61. The van der Waals surface area contributed by atoms with Gasteiger partial charge in [-0.25, -0.2) is 10.3 Å². The van der Waals surface area contributed by atoms with Crippen LogP contribution < -0.4 is 5.48 Å². The molecule has 2 saturated heterocycles. The van der Waals surface area contributed by atoms with E-state index in [0.29, 0.717) is 13.2 Å². The first-order valence-electron chi connectivity index (χ1n) is 5.96. The van der Waals surface area contributed by atoms with Crippen LogP contribution in [0, 0.1) is 5.92 Å². The molecule has 0 spiro atoms. The third kappa shape index (κ3) is 2.93. The highest BCUT2D eigenvalue weighted by atomic mass is 16.8. The number of amides is 1. The van der Waals surface area contributed by atoms with Crippen molar-refractivity contribution in [2.24, 2.45) is 5.92 Å². The molecule has 0 saturated carbocycles. The van der Waals surface area contributed by atoms with Gasteiger partial charge in [-0.2, -0.15) is 0 Å². The number of hydrogen-bond donors (Lipinski definition) is 1. The Morgan fingerprint density at radius 2 is 2.12 bits per heavy atom. The molecule has 5 nitrogen and oxygen atoms in total. The molecule has 92 valence electrons. The van der Waals surface area contributed by atoms with Crippen LogP contribution in [0.2, 0.25) is 0 Å². The van der Waals surface area contributed by atoms with Crippen molar-refractivity contribution in [2.45, 2.75) is 45.0 Å². The van der Waals surface area contributed by atoms with Crippen LogP contribution in [0.1, 0.15) is 32.6 Å². The summed E-state index contributed by atoms with van der Waals surface area (Å²) in [6, 6.07) is 0. The van der Waals surface area contributed by atoms with Gasteiger partial charge in [-0.05, 0) is 25.2 Å². The minimum absolute atomic E-state index is 0.195. The topological polar surface area (TPSA) is 56.8 Å². The van der Waals surface area contributed by atoms with E-state index in [2.05, 4.69) is 5.48 Å². The first-order chi connectivity index (χ1) is 7.77. The normalized spacial score (nSPS) is 34.9. The van der Waals surface area contributed by atoms with Crippen LogP contribution in [0.5, 0.6) is 0 Å². The average molecular weight is 229 g/mol. The lowest BCUT2D eigenvalue weighted by Crippen LogP contribution is -2.40. The van der Waals surface area contributed by atoms with Crippen molar-refractivity contribution < 1.29 is 19.1 Å². The predicted octanol–water partition coefficient (Wildman–Crippen LogP) is 0.986. The summed E-state index contributed by atoms with van der Waals surface area (Å²) in [5, 5.41) is 0. The van der Waals surface area contributed by atoms with Gasteiger partial charge in [-0.3, -0.25) is 4.79 Å². The van der Waals surface area contributed by atoms with E-state index in [0.717, 1.165) is 25.7 Å². The molecule has 2 fully saturated rings. The van der Waals surface area contributed by atoms with Crippen LogP contribution in [-0.4, -0.2) is 31.5 Å². The Balaban J connectivity index is 1.70. The molecule has 0 aromatic rings. The Kier molecular flexibility index (Phi) is 4.15. The summed E-state index contributed by atoms with van der Waals surface area (Å²) in [6.45, 7) is 3.37. The van der Waals surface area contributed by atoms with E-state index in [1.165, 1.54) is 0 Å². The summed E-state index contributed by atoms with van der Waals surface area (Å²) in [7, 11) is 0. The number of carbonyl (C=O) groups excluding carboxylic acids is 1. The fourth-order valence-electron chi connectivity index (χ4n) is 2.02. The van der Waals surface area contributed by atoms with Crippen molar-refractivity contribution in [1.82, 2.24) is 5.48 Å². The van der Waals surface area contributed by atoms with Crippen LogP contribution in [0.3, 0.4) is 0 Å². The highest BCUT2D eigenvalue weighted by Gasteiger charge is 2.31. The third-order valence-electron chi connectivity index (χ3n) is 3.07. The van der Waals surface area contributed by atoms with Crippen molar-refractivity contribution in [3.05, 3.63) is 0 Å². The maximum Gasteiger partial charge on any atom is 0.273 e. The highest BCUT2D eigenvalue weighted by Crippen LogP contribution is 2.20. The van der Waals surface area contributed by atoms with Crippen molar-refractivity contribution in [1.29, 1.82) is 0 Å².